The molecule has 130 valence electrons. The molecule has 6 heteroatoms. The molecule has 0 spiro atoms. The Morgan fingerprint density at radius 1 is 1.36 bits per heavy atom. The van der Waals surface area contributed by atoms with Gasteiger partial charge in [0.05, 0.1) is 5.92 Å². The van der Waals surface area contributed by atoms with Gasteiger partial charge in [-0.05, 0) is 40.0 Å². The first-order valence-electron chi connectivity index (χ1n) is 8.33. The van der Waals surface area contributed by atoms with E-state index in [1.165, 1.54) is 0 Å². The standard InChI is InChI=1S/C16H32NO4P/c1-6-8-11-22(19,7-2)21-16(17)10-9-13(12-16)14(18)20-15(3,4)5/h13H,6-12,17H2,1-5H3/t13-,16+,22?/m0/s1. The molecule has 1 fully saturated rings. The van der Waals surface area contributed by atoms with Crippen molar-refractivity contribution in [2.75, 3.05) is 12.3 Å². The highest BCUT2D eigenvalue weighted by molar-refractivity contribution is 7.58. The maximum atomic E-state index is 12.8. The summed E-state index contributed by atoms with van der Waals surface area (Å²) < 4.78 is 24.1. The summed E-state index contributed by atoms with van der Waals surface area (Å²) in [5, 5.41) is 0. The van der Waals surface area contributed by atoms with Crippen molar-refractivity contribution in [3.8, 4) is 0 Å². The Bertz CT molecular complexity index is 432. The number of hydrogen-bond donors (Lipinski definition) is 1. The molecule has 2 N–H and O–H groups in total. The molecular weight excluding hydrogens is 301 g/mol. The first-order valence-corrected chi connectivity index (χ1v) is 10.3. The van der Waals surface area contributed by atoms with E-state index in [1.54, 1.807) is 0 Å². The number of hydrogen-bond acceptors (Lipinski definition) is 5. The van der Waals surface area contributed by atoms with Gasteiger partial charge in [0, 0.05) is 18.7 Å². The minimum absolute atomic E-state index is 0.233. The Kier molecular flexibility index (Phi) is 6.67. The van der Waals surface area contributed by atoms with Crippen LogP contribution in [0, 0.1) is 5.92 Å². The van der Waals surface area contributed by atoms with Crippen molar-refractivity contribution in [3.63, 3.8) is 0 Å². The lowest BCUT2D eigenvalue weighted by atomic mass is 10.1. The zero-order chi connectivity index (χ0) is 17.0. The van der Waals surface area contributed by atoms with Crippen molar-refractivity contribution >= 4 is 13.3 Å². The molecule has 0 amide bonds. The second kappa shape index (κ2) is 7.46. The zero-order valence-corrected chi connectivity index (χ0v) is 15.6. The highest BCUT2D eigenvalue weighted by Gasteiger charge is 2.44. The van der Waals surface area contributed by atoms with Crippen LogP contribution in [0.2, 0.25) is 0 Å². The minimum atomic E-state index is -2.71. The summed E-state index contributed by atoms with van der Waals surface area (Å²) in [5.41, 5.74) is 4.82. The zero-order valence-electron chi connectivity index (χ0n) is 14.7. The quantitative estimate of drug-likeness (QED) is 0.434. The summed E-state index contributed by atoms with van der Waals surface area (Å²) in [6, 6.07) is 0. The molecule has 0 radical (unpaired) electrons. The minimum Gasteiger partial charge on any atom is -0.460 e. The molecule has 0 saturated heterocycles. The summed E-state index contributed by atoms with van der Waals surface area (Å²) in [4.78, 5) is 12.2. The number of nitrogens with two attached hydrogens (primary N) is 1. The number of carbonyl (C=O) groups is 1. The maximum absolute atomic E-state index is 12.8. The Balaban J connectivity index is 2.66. The van der Waals surface area contributed by atoms with Gasteiger partial charge in [-0.2, -0.15) is 0 Å². The highest BCUT2D eigenvalue weighted by Crippen LogP contribution is 2.53. The van der Waals surface area contributed by atoms with Gasteiger partial charge in [-0.25, -0.2) is 0 Å². The number of rotatable bonds is 7. The van der Waals surface area contributed by atoms with Crippen molar-refractivity contribution in [2.24, 2.45) is 11.7 Å². The normalized spacial score (nSPS) is 28.4. The van der Waals surface area contributed by atoms with Gasteiger partial charge in [-0.15, -0.1) is 0 Å². The lowest BCUT2D eigenvalue weighted by Crippen LogP contribution is -2.40. The molecule has 3 atom stereocenters. The van der Waals surface area contributed by atoms with Crippen LogP contribution in [0.3, 0.4) is 0 Å². The third kappa shape index (κ3) is 6.02. The fourth-order valence-corrected chi connectivity index (χ4v) is 4.87. The molecule has 0 aromatic carbocycles. The van der Waals surface area contributed by atoms with Crippen LogP contribution in [-0.2, 0) is 18.6 Å². The smallest absolute Gasteiger partial charge is 0.309 e. The summed E-state index contributed by atoms with van der Waals surface area (Å²) in [7, 11) is -2.71. The lowest BCUT2D eigenvalue weighted by Gasteiger charge is -2.30. The lowest BCUT2D eigenvalue weighted by molar-refractivity contribution is -0.160. The first kappa shape index (κ1) is 19.7. The summed E-state index contributed by atoms with van der Waals surface area (Å²) in [6.07, 6.45) is 4.47. The predicted molar refractivity (Wildman–Crippen MR) is 89.1 cm³/mol. The topological polar surface area (TPSA) is 78.6 Å². The van der Waals surface area contributed by atoms with Gasteiger partial charge in [-0.3, -0.25) is 9.36 Å². The Labute approximate surface area is 134 Å². The van der Waals surface area contributed by atoms with E-state index in [0.29, 0.717) is 31.6 Å². The molecule has 0 aromatic heterocycles. The SMILES string of the molecule is CCCCP(=O)(CC)O[C@]1(N)CC[C@H](C(=O)OC(C)(C)C)C1. The van der Waals surface area contributed by atoms with Crippen LogP contribution in [0.4, 0.5) is 0 Å². The van der Waals surface area contributed by atoms with Crippen LogP contribution in [0.1, 0.15) is 66.7 Å². The number of unbranched alkanes of at least 4 members (excludes halogenated alkanes) is 1. The molecule has 1 aliphatic rings. The van der Waals surface area contributed by atoms with Gasteiger partial charge in [0.1, 0.15) is 11.3 Å². The average Bonchev–Trinajstić information content (AvgIpc) is 2.77. The molecule has 1 aliphatic carbocycles. The second-order valence-corrected chi connectivity index (χ2v) is 10.2. The number of esters is 1. The third-order valence-electron chi connectivity index (χ3n) is 3.93. The van der Waals surface area contributed by atoms with Crippen molar-refractivity contribution in [2.45, 2.75) is 78.0 Å². The summed E-state index contributed by atoms with van der Waals surface area (Å²) in [5.74, 6) is -0.496. The van der Waals surface area contributed by atoms with Gasteiger partial charge in [0.2, 0.25) is 7.37 Å². The molecule has 0 heterocycles. The van der Waals surface area contributed by atoms with Crippen LogP contribution < -0.4 is 5.73 Å². The third-order valence-corrected chi connectivity index (χ3v) is 6.59. The van der Waals surface area contributed by atoms with Gasteiger partial charge < -0.3 is 15.0 Å². The number of carbonyl (C=O) groups excluding carboxylic acids is 1. The maximum Gasteiger partial charge on any atom is 0.309 e. The molecule has 1 unspecified atom stereocenters. The van der Waals surface area contributed by atoms with E-state index >= 15 is 0 Å². The predicted octanol–water partition coefficient (Wildman–Crippen LogP) is 3.90. The van der Waals surface area contributed by atoms with Crippen LogP contribution >= 0.6 is 7.37 Å². The summed E-state index contributed by atoms with van der Waals surface area (Å²) >= 11 is 0. The molecule has 5 nitrogen and oxygen atoms in total. The molecule has 0 bridgehead atoms. The Morgan fingerprint density at radius 3 is 2.50 bits per heavy atom. The van der Waals surface area contributed by atoms with E-state index in [1.807, 2.05) is 27.7 Å². The van der Waals surface area contributed by atoms with Gasteiger partial charge in [0.15, 0.2) is 0 Å². The first-order chi connectivity index (χ1) is 10.0. The average molecular weight is 333 g/mol. The molecule has 1 rings (SSSR count). The molecule has 0 aliphatic heterocycles. The van der Waals surface area contributed by atoms with Crippen molar-refractivity contribution < 1.29 is 18.6 Å². The highest BCUT2D eigenvalue weighted by atomic mass is 31.2. The van der Waals surface area contributed by atoms with Crippen molar-refractivity contribution in [1.82, 2.24) is 0 Å². The van der Waals surface area contributed by atoms with Crippen LogP contribution in [0.5, 0.6) is 0 Å². The molecule has 1 saturated carbocycles. The van der Waals surface area contributed by atoms with E-state index in [2.05, 4.69) is 6.92 Å². The van der Waals surface area contributed by atoms with E-state index in [0.717, 1.165) is 12.8 Å². The number of ether oxygens (including phenoxy) is 1. The van der Waals surface area contributed by atoms with E-state index in [4.69, 9.17) is 15.0 Å². The second-order valence-electron chi connectivity index (χ2n) is 7.34. The summed E-state index contributed by atoms with van der Waals surface area (Å²) in [6.45, 7) is 9.48. The molecule has 0 aromatic rings. The van der Waals surface area contributed by atoms with Crippen molar-refractivity contribution in [3.05, 3.63) is 0 Å². The fraction of sp³-hybridized carbons (Fsp3) is 0.938. The monoisotopic (exact) mass is 333 g/mol. The molecule has 22 heavy (non-hydrogen) atoms. The molecular formula is C16H32NO4P. The van der Waals surface area contributed by atoms with E-state index < -0.39 is 18.7 Å². The van der Waals surface area contributed by atoms with Crippen LogP contribution in [-0.4, -0.2) is 29.6 Å². The van der Waals surface area contributed by atoms with Gasteiger partial charge in [0.25, 0.3) is 0 Å². The Morgan fingerprint density at radius 2 is 2.00 bits per heavy atom. The van der Waals surface area contributed by atoms with Crippen LogP contribution in [0.25, 0.3) is 0 Å². The van der Waals surface area contributed by atoms with Gasteiger partial charge >= 0.3 is 5.97 Å². The van der Waals surface area contributed by atoms with E-state index in [-0.39, 0.29) is 11.9 Å². The fourth-order valence-electron chi connectivity index (χ4n) is 2.71. The van der Waals surface area contributed by atoms with E-state index in [9.17, 15) is 9.36 Å². The largest absolute Gasteiger partial charge is 0.460 e. The Hall–Kier alpha value is -0.380. The van der Waals surface area contributed by atoms with Crippen molar-refractivity contribution in [1.29, 1.82) is 0 Å². The van der Waals surface area contributed by atoms with Gasteiger partial charge in [-0.1, -0.05) is 20.3 Å². The van der Waals surface area contributed by atoms with Crippen LogP contribution in [0.15, 0.2) is 0 Å².